The van der Waals surface area contributed by atoms with Gasteiger partial charge in [-0.3, -0.25) is 9.59 Å². The van der Waals surface area contributed by atoms with Crippen LogP contribution < -0.4 is 10.6 Å². The van der Waals surface area contributed by atoms with Gasteiger partial charge >= 0.3 is 0 Å². The number of amides is 2. The molecule has 20 heavy (non-hydrogen) atoms. The molecule has 0 spiro atoms. The SMILES string of the molecule is Cc1cc(NC(=O)CN(C)C(=O)[C@@H]2CCCN2)no1.Cl. The second kappa shape index (κ2) is 7.25. The summed E-state index contributed by atoms with van der Waals surface area (Å²) in [6.07, 6.45) is 1.82. The number of nitrogens with zero attached hydrogens (tertiary/aromatic N) is 2. The fraction of sp³-hybridized carbons (Fsp3) is 0.583. The molecule has 2 heterocycles. The van der Waals surface area contributed by atoms with Gasteiger partial charge in [0.15, 0.2) is 5.82 Å². The van der Waals surface area contributed by atoms with Crippen molar-refractivity contribution in [2.75, 3.05) is 25.5 Å². The maximum absolute atomic E-state index is 12.0. The molecule has 0 aromatic carbocycles. The number of hydrogen-bond acceptors (Lipinski definition) is 5. The smallest absolute Gasteiger partial charge is 0.245 e. The number of rotatable bonds is 4. The molecule has 1 fully saturated rings. The van der Waals surface area contributed by atoms with Crippen LogP contribution >= 0.6 is 12.4 Å². The Bertz CT molecular complexity index is 471. The van der Waals surface area contributed by atoms with E-state index in [1.807, 2.05) is 0 Å². The maximum Gasteiger partial charge on any atom is 0.245 e. The number of aryl methyl sites for hydroxylation is 1. The van der Waals surface area contributed by atoms with Crippen molar-refractivity contribution in [3.05, 3.63) is 11.8 Å². The molecular formula is C12H19ClN4O3. The van der Waals surface area contributed by atoms with E-state index >= 15 is 0 Å². The highest BCUT2D eigenvalue weighted by Gasteiger charge is 2.25. The normalized spacial score (nSPS) is 17.4. The molecule has 1 aliphatic heterocycles. The summed E-state index contributed by atoms with van der Waals surface area (Å²) in [4.78, 5) is 25.2. The van der Waals surface area contributed by atoms with Crippen LogP contribution in [0.3, 0.4) is 0 Å². The number of likely N-dealkylation sites (N-methyl/N-ethyl adjacent to an activating group) is 1. The van der Waals surface area contributed by atoms with Gasteiger partial charge in [-0.1, -0.05) is 5.16 Å². The predicted octanol–water partition coefficient (Wildman–Crippen LogP) is 0.554. The van der Waals surface area contributed by atoms with Crippen LogP contribution in [0, 0.1) is 6.92 Å². The van der Waals surface area contributed by atoms with Crippen LogP contribution in [0.4, 0.5) is 5.82 Å². The van der Waals surface area contributed by atoms with Crippen molar-refractivity contribution in [1.29, 1.82) is 0 Å². The topological polar surface area (TPSA) is 87.5 Å². The van der Waals surface area contributed by atoms with E-state index in [4.69, 9.17) is 4.52 Å². The number of carbonyl (C=O) groups is 2. The van der Waals surface area contributed by atoms with Gasteiger partial charge in [0.1, 0.15) is 5.76 Å². The second-order valence-electron chi connectivity index (χ2n) is 4.71. The van der Waals surface area contributed by atoms with Gasteiger partial charge in [-0.25, -0.2) is 0 Å². The third-order valence-corrected chi connectivity index (χ3v) is 3.01. The van der Waals surface area contributed by atoms with E-state index in [1.165, 1.54) is 4.90 Å². The molecule has 0 radical (unpaired) electrons. The average molecular weight is 303 g/mol. The summed E-state index contributed by atoms with van der Waals surface area (Å²) in [7, 11) is 1.62. The van der Waals surface area contributed by atoms with Crippen LogP contribution in [0.1, 0.15) is 18.6 Å². The number of nitrogens with one attached hydrogen (secondary N) is 2. The number of hydrogen-bond donors (Lipinski definition) is 2. The van der Waals surface area contributed by atoms with Gasteiger partial charge in [-0.05, 0) is 26.3 Å². The summed E-state index contributed by atoms with van der Waals surface area (Å²) in [6, 6.07) is 1.46. The Morgan fingerprint density at radius 3 is 2.90 bits per heavy atom. The highest BCUT2D eigenvalue weighted by atomic mass is 35.5. The van der Waals surface area contributed by atoms with E-state index in [-0.39, 0.29) is 36.8 Å². The molecule has 2 rings (SSSR count). The molecule has 1 aromatic heterocycles. The minimum Gasteiger partial charge on any atom is -0.360 e. The van der Waals surface area contributed by atoms with Gasteiger partial charge < -0.3 is 20.1 Å². The zero-order valence-electron chi connectivity index (χ0n) is 11.5. The van der Waals surface area contributed by atoms with E-state index in [0.717, 1.165) is 19.4 Å². The van der Waals surface area contributed by atoms with Crippen molar-refractivity contribution < 1.29 is 14.1 Å². The van der Waals surface area contributed by atoms with E-state index < -0.39 is 0 Å². The molecule has 1 saturated heterocycles. The monoisotopic (exact) mass is 302 g/mol. The lowest BCUT2D eigenvalue weighted by atomic mass is 10.2. The van der Waals surface area contributed by atoms with Crippen molar-refractivity contribution in [3.8, 4) is 0 Å². The van der Waals surface area contributed by atoms with Crippen molar-refractivity contribution in [2.45, 2.75) is 25.8 Å². The van der Waals surface area contributed by atoms with E-state index in [0.29, 0.717) is 11.6 Å². The largest absolute Gasteiger partial charge is 0.360 e. The van der Waals surface area contributed by atoms with E-state index in [2.05, 4.69) is 15.8 Å². The summed E-state index contributed by atoms with van der Waals surface area (Å²) in [6.45, 7) is 2.60. The fourth-order valence-corrected chi connectivity index (χ4v) is 2.06. The van der Waals surface area contributed by atoms with Crippen molar-refractivity contribution in [2.24, 2.45) is 0 Å². The lowest BCUT2D eigenvalue weighted by Crippen LogP contribution is -2.44. The van der Waals surface area contributed by atoms with E-state index in [1.54, 1.807) is 20.0 Å². The molecule has 0 bridgehead atoms. The van der Waals surface area contributed by atoms with Gasteiger partial charge in [0.25, 0.3) is 0 Å². The summed E-state index contributed by atoms with van der Waals surface area (Å²) < 4.78 is 4.84. The second-order valence-corrected chi connectivity index (χ2v) is 4.71. The van der Waals surface area contributed by atoms with Gasteiger partial charge in [-0.15, -0.1) is 12.4 Å². The number of halogens is 1. The van der Waals surface area contributed by atoms with Crippen molar-refractivity contribution in [1.82, 2.24) is 15.4 Å². The number of aromatic nitrogens is 1. The number of anilines is 1. The van der Waals surface area contributed by atoms with E-state index in [9.17, 15) is 9.59 Å². The quantitative estimate of drug-likeness (QED) is 0.848. The Labute approximate surface area is 123 Å². The third kappa shape index (κ3) is 4.21. The molecule has 8 heteroatoms. The highest BCUT2D eigenvalue weighted by Crippen LogP contribution is 2.09. The van der Waals surface area contributed by atoms with Crippen molar-refractivity contribution >= 4 is 30.0 Å². The molecular weight excluding hydrogens is 284 g/mol. The highest BCUT2D eigenvalue weighted by molar-refractivity contribution is 5.94. The Kier molecular flexibility index (Phi) is 5.97. The zero-order valence-corrected chi connectivity index (χ0v) is 12.3. The molecule has 7 nitrogen and oxygen atoms in total. The summed E-state index contributed by atoms with van der Waals surface area (Å²) in [5.41, 5.74) is 0. The first kappa shape index (κ1) is 16.5. The van der Waals surface area contributed by atoms with Crippen LogP contribution in [-0.4, -0.2) is 48.0 Å². The molecule has 0 unspecified atom stereocenters. The third-order valence-electron chi connectivity index (χ3n) is 3.01. The van der Waals surface area contributed by atoms with Gasteiger partial charge in [0, 0.05) is 13.1 Å². The molecule has 0 saturated carbocycles. The van der Waals surface area contributed by atoms with Crippen LogP contribution in [0.25, 0.3) is 0 Å². The summed E-state index contributed by atoms with van der Waals surface area (Å²) in [5.74, 6) is 0.642. The van der Waals surface area contributed by atoms with Crippen LogP contribution in [0.5, 0.6) is 0 Å². The van der Waals surface area contributed by atoms with Crippen LogP contribution in [0.15, 0.2) is 10.6 Å². The van der Waals surface area contributed by atoms with Crippen molar-refractivity contribution in [3.63, 3.8) is 0 Å². The van der Waals surface area contributed by atoms with Crippen LogP contribution in [0.2, 0.25) is 0 Å². The predicted molar refractivity (Wildman–Crippen MR) is 75.8 cm³/mol. The fourth-order valence-electron chi connectivity index (χ4n) is 2.06. The first-order valence-electron chi connectivity index (χ1n) is 6.28. The molecule has 2 N–H and O–H groups in total. The van der Waals surface area contributed by atoms with Gasteiger partial charge in [0.05, 0.1) is 12.6 Å². The molecule has 112 valence electrons. The first-order chi connectivity index (χ1) is 9.06. The Balaban J connectivity index is 0.00000200. The number of carbonyl (C=O) groups excluding carboxylic acids is 2. The van der Waals surface area contributed by atoms with Gasteiger partial charge in [-0.2, -0.15) is 0 Å². The average Bonchev–Trinajstić information content (AvgIpc) is 2.99. The Morgan fingerprint density at radius 1 is 1.60 bits per heavy atom. The summed E-state index contributed by atoms with van der Waals surface area (Å²) in [5, 5.41) is 9.36. The van der Waals surface area contributed by atoms with Crippen LogP contribution in [-0.2, 0) is 9.59 Å². The minimum atomic E-state index is -0.290. The Hall–Kier alpha value is -1.60. The zero-order chi connectivity index (χ0) is 13.8. The lowest BCUT2D eigenvalue weighted by molar-refractivity contribution is -0.134. The Morgan fingerprint density at radius 2 is 2.35 bits per heavy atom. The van der Waals surface area contributed by atoms with Gasteiger partial charge in [0.2, 0.25) is 11.8 Å². The lowest BCUT2D eigenvalue weighted by Gasteiger charge is -2.20. The first-order valence-corrected chi connectivity index (χ1v) is 6.28. The summed E-state index contributed by atoms with van der Waals surface area (Å²) >= 11 is 0. The standard InChI is InChI=1S/C12H18N4O3.ClH/c1-8-6-10(15-19-8)14-11(17)7-16(2)12(18)9-4-3-5-13-9;/h6,9,13H,3-5,7H2,1-2H3,(H,14,15,17);1H/t9-;/m0./s1. The molecule has 1 atom stereocenters. The molecule has 2 amide bonds. The minimum absolute atomic E-state index is 0. The molecule has 1 aliphatic rings. The maximum atomic E-state index is 12.0. The molecule has 0 aliphatic carbocycles. The molecule has 1 aromatic rings.